The van der Waals surface area contributed by atoms with Crippen LogP contribution in [-0.2, 0) is 11.2 Å². The number of hydrogen-bond donors (Lipinski definition) is 2. The molecule has 1 aliphatic rings. The predicted molar refractivity (Wildman–Crippen MR) is 120 cm³/mol. The number of anilines is 1. The molecule has 1 aliphatic heterocycles. The van der Waals surface area contributed by atoms with Gasteiger partial charge in [-0.15, -0.1) is 0 Å². The van der Waals surface area contributed by atoms with Gasteiger partial charge in [0.2, 0.25) is 5.91 Å². The van der Waals surface area contributed by atoms with Gasteiger partial charge in [0.1, 0.15) is 19.0 Å². The third-order valence-corrected chi connectivity index (χ3v) is 4.89. The van der Waals surface area contributed by atoms with Crippen molar-refractivity contribution in [3.8, 4) is 22.9 Å². The number of ether oxygens (including phenoxy) is 2. The zero-order chi connectivity index (χ0) is 21.8. The number of carbonyl (C=O) groups excluding carboxylic acids is 1. The van der Waals surface area contributed by atoms with Crippen LogP contribution < -0.4 is 20.3 Å². The molecular formula is C23H20ClN3O4. The van der Waals surface area contributed by atoms with Gasteiger partial charge in [0.15, 0.2) is 11.5 Å². The zero-order valence-electron chi connectivity index (χ0n) is 16.8. The number of aromatic nitrogens is 2. The molecule has 0 unspecified atom stereocenters. The standard InChI is InChI=1S/C23H20ClN3O4/c1-2-16-13-21(29)27-23(26-16)15-4-3-5-17(12-15)25-20(28)7-6-14-10-18(24)22-19(11-14)30-8-9-31-22/h3-7,10-13H,2,8-9H2,1H3,(H,25,28)(H,26,27,29)/b7-6+. The summed E-state index contributed by atoms with van der Waals surface area (Å²) in [5, 5.41) is 3.24. The number of halogens is 1. The molecule has 0 bridgehead atoms. The molecule has 0 spiro atoms. The van der Waals surface area contributed by atoms with E-state index in [1.807, 2.05) is 13.0 Å². The van der Waals surface area contributed by atoms with E-state index in [4.69, 9.17) is 21.1 Å². The van der Waals surface area contributed by atoms with Crippen molar-refractivity contribution in [3.63, 3.8) is 0 Å². The Kier molecular flexibility index (Phi) is 6.04. The van der Waals surface area contributed by atoms with Gasteiger partial charge in [0.05, 0.1) is 5.02 Å². The van der Waals surface area contributed by atoms with E-state index >= 15 is 0 Å². The van der Waals surface area contributed by atoms with Crippen LogP contribution in [0.4, 0.5) is 5.69 Å². The lowest BCUT2D eigenvalue weighted by molar-refractivity contribution is -0.111. The van der Waals surface area contributed by atoms with Gasteiger partial charge in [-0.05, 0) is 42.3 Å². The Balaban J connectivity index is 1.49. The average Bonchev–Trinajstić information content (AvgIpc) is 2.77. The van der Waals surface area contributed by atoms with E-state index in [1.165, 1.54) is 12.1 Å². The number of carbonyl (C=O) groups is 1. The van der Waals surface area contributed by atoms with Crippen LogP contribution in [0.1, 0.15) is 18.2 Å². The predicted octanol–water partition coefficient (Wildman–Crippen LogP) is 4.08. The van der Waals surface area contributed by atoms with Crippen LogP contribution >= 0.6 is 11.6 Å². The van der Waals surface area contributed by atoms with Gasteiger partial charge >= 0.3 is 0 Å². The Morgan fingerprint density at radius 3 is 2.90 bits per heavy atom. The summed E-state index contributed by atoms with van der Waals surface area (Å²) in [7, 11) is 0. The monoisotopic (exact) mass is 437 g/mol. The van der Waals surface area contributed by atoms with Gasteiger partial charge in [-0.2, -0.15) is 0 Å². The van der Waals surface area contributed by atoms with E-state index in [9.17, 15) is 9.59 Å². The van der Waals surface area contributed by atoms with Gasteiger partial charge in [-0.1, -0.05) is 30.7 Å². The largest absolute Gasteiger partial charge is 0.486 e. The van der Waals surface area contributed by atoms with Crippen molar-refractivity contribution < 1.29 is 14.3 Å². The van der Waals surface area contributed by atoms with Gasteiger partial charge < -0.3 is 19.8 Å². The molecule has 2 aromatic carbocycles. The molecule has 0 aliphatic carbocycles. The summed E-state index contributed by atoms with van der Waals surface area (Å²) in [6.45, 7) is 2.84. The maximum Gasteiger partial charge on any atom is 0.251 e. The highest BCUT2D eigenvalue weighted by Crippen LogP contribution is 2.38. The quantitative estimate of drug-likeness (QED) is 0.587. The van der Waals surface area contributed by atoms with E-state index in [1.54, 1.807) is 36.4 Å². The number of aromatic amines is 1. The number of nitrogens with zero attached hydrogens (tertiary/aromatic N) is 1. The summed E-state index contributed by atoms with van der Waals surface area (Å²) in [5.41, 5.74) is 2.49. The third kappa shape index (κ3) is 4.95. The number of aryl methyl sites for hydroxylation is 1. The highest BCUT2D eigenvalue weighted by molar-refractivity contribution is 6.32. The summed E-state index contributed by atoms with van der Waals surface area (Å²) in [5.74, 6) is 1.22. The van der Waals surface area contributed by atoms with E-state index < -0.39 is 0 Å². The van der Waals surface area contributed by atoms with Crippen molar-refractivity contribution in [1.29, 1.82) is 0 Å². The Morgan fingerprint density at radius 2 is 2.06 bits per heavy atom. The van der Waals surface area contributed by atoms with Crippen LogP contribution in [0, 0.1) is 0 Å². The summed E-state index contributed by atoms with van der Waals surface area (Å²) < 4.78 is 11.0. The molecule has 0 radical (unpaired) electrons. The highest BCUT2D eigenvalue weighted by atomic mass is 35.5. The number of rotatable bonds is 5. The lowest BCUT2D eigenvalue weighted by Gasteiger charge is -2.19. The van der Waals surface area contributed by atoms with Crippen LogP contribution in [0.3, 0.4) is 0 Å². The molecule has 0 fully saturated rings. The van der Waals surface area contributed by atoms with Crippen molar-refractivity contribution in [1.82, 2.24) is 9.97 Å². The van der Waals surface area contributed by atoms with Crippen molar-refractivity contribution >= 4 is 29.3 Å². The second-order valence-corrected chi connectivity index (χ2v) is 7.28. The summed E-state index contributed by atoms with van der Waals surface area (Å²) in [6.07, 6.45) is 3.71. The number of benzene rings is 2. The first kappa shape index (κ1) is 20.7. The molecule has 2 heterocycles. The topological polar surface area (TPSA) is 93.3 Å². The summed E-state index contributed by atoms with van der Waals surface area (Å²) in [4.78, 5) is 31.4. The van der Waals surface area contributed by atoms with Crippen LogP contribution in [0.5, 0.6) is 11.5 Å². The van der Waals surface area contributed by atoms with Crippen molar-refractivity contribution in [2.75, 3.05) is 18.5 Å². The fourth-order valence-corrected chi connectivity index (χ4v) is 3.43. The second kappa shape index (κ2) is 9.06. The normalized spacial score (nSPS) is 12.7. The molecule has 0 saturated carbocycles. The first-order valence-electron chi connectivity index (χ1n) is 9.80. The minimum atomic E-state index is -0.313. The number of hydrogen-bond acceptors (Lipinski definition) is 5. The lowest BCUT2D eigenvalue weighted by atomic mass is 10.1. The lowest BCUT2D eigenvalue weighted by Crippen LogP contribution is -2.15. The van der Waals surface area contributed by atoms with E-state index in [0.29, 0.717) is 58.9 Å². The van der Waals surface area contributed by atoms with Gasteiger partial charge in [-0.25, -0.2) is 4.98 Å². The Bertz CT molecular complexity index is 1220. The molecule has 4 rings (SSSR count). The Morgan fingerprint density at radius 1 is 1.23 bits per heavy atom. The van der Waals surface area contributed by atoms with Crippen molar-refractivity contribution in [3.05, 3.63) is 75.2 Å². The van der Waals surface area contributed by atoms with E-state index in [2.05, 4.69) is 15.3 Å². The maximum atomic E-state index is 12.4. The fourth-order valence-electron chi connectivity index (χ4n) is 3.15. The van der Waals surface area contributed by atoms with Crippen molar-refractivity contribution in [2.45, 2.75) is 13.3 Å². The van der Waals surface area contributed by atoms with Gasteiger partial charge in [0.25, 0.3) is 5.56 Å². The van der Waals surface area contributed by atoms with Gasteiger partial charge in [-0.3, -0.25) is 9.59 Å². The Labute approximate surface area is 183 Å². The number of H-pyrrole nitrogens is 1. The Hall–Kier alpha value is -3.58. The molecule has 1 amide bonds. The molecule has 7 nitrogen and oxygen atoms in total. The molecule has 1 aromatic heterocycles. The molecule has 31 heavy (non-hydrogen) atoms. The zero-order valence-corrected chi connectivity index (χ0v) is 17.5. The summed E-state index contributed by atoms with van der Waals surface area (Å²) in [6, 6.07) is 12.1. The minimum absolute atomic E-state index is 0.211. The maximum absolute atomic E-state index is 12.4. The van der Waals surface area contributed by atoms with E-state index in [0.717, 1.165) is 5.56 Å². The minimum Gasteiger partial charge on any atom is -0.486 e. The van der Waals surface area contributed by atoms with Crippen LogP contribution in [-0.4, -0.2) is 29.1 Å². The van der Waals surface area contributed by atoms with Crippen LogP contribution in [0.2, 0.25) is 5.02 Å². The first-order chi connectivity index (χ1) is 15.0. The number of nitrogens with one attached hydrogen (secondary N) is 2. The van der Waals surface area contributed by atoms with Crippen molar-refractivity contribution in [2.24, 2.45) is 0 Å². The van der Waals surface area contributed by atoms with Crippen LogP contribution in [0.25, 0.3) is 17.5 Å². The molecule has 8 heteroatoms. The molecule has 0 saturated heterocycles. The molecular weight excluding hydrogens is 418 g/mol. The molecule has 3 aromatic rings. The average molecular weight is 438 g/mol. The molecule has 0 atom stereocenters. The van der Waals surface area contributed by atoms with E-state index in [-0.39, 0.29) is 11.5 Å². The fraction of sp³-hybridized carbons (Fsp3) is 0.174. The van der Waals surface area contributed by atoms with Gasteiger partial charge in [0, 0.05) is 29.1 Å². The molecule has 158 valence electrons. The second-order valence-electron chi connectivity index (χ2n) is 6.87. The van der Waals surface area contributed by atoms with Crippen LogP contribution in [0.15, 0.2) is 53.3 Å². The first-order valence-corrected chi connectivity index (χ1v) is 10.2. The third-order valence-electron chi connectivity index (χ3n) is 4.61. The SMILES string of the molecule is CCc1cc(=O)[nH]c(-c2cccc(NC(=O)/C=C/c3cc(Cl)c4c(c3)OCCO4)c2)n1. The number of amides is 1. The highest BCUT2D eigenvalue weighted by Gasteiger charge is 2.16. The summed E-state index contributed by atoms with van der Waals surface area (Å²) >= 11 is 6.23. The number of fused-ring (bicyclic) bond motifs is 1. The molecule has 2 N–H and O–H groups in total. The smallest absolute Gasteiger partial charge is 0.251 e.